The molecule has 0 saturated heterocycles. The van der Waals surface area contributed by atoms with Gasteiger partial charge in [0.25, 0.3) is 0 Å². The van der Waals surface area contributed by atoms with Crippen molar-refractivity contribution >= 4 is 15.9 Å². The molecule has 84 valence electrons. The lowest BCUT2D eigenvalue weighted by Gasteiger charge is -2.18. The zero-order valence-corrected chi connectivity index (χ0v) is 10.8. The molecule has 0 aliphatic rings. The minimum atomic E-state index is 0.0421. The van der Waals surface area contributed by atoms with Crippen LogP contribution in [0.4, 0.5) is 0 Å². The van der Waals surface area contributed by atoms with E-state index >= 15 is 0 Å². The Morgan fingerprint density at radius 1 is 1.27 bits per heavy atom. The van der Waals surface area contributed by atoms with Crippen molar-refractivity contribution in [2.45, 2.75) is 19.9 Å². The topological polar surface area (TPSA) is 32.3 Å². The fraction of sp³-hybridized carbons (Fsp3) is 0.500. The minimum absolute atomic E-state index is 0.0421. The van der Waals surface area contributed by atoms with Crippen molar-refractivity contribution in [1.29, 1.82) is 0 Å². The van der Waals surface area contributed by atoms with Crippen molar-refractivity contribution in [2.24, 2.45) is 5.92 Å². The highest BCUT2D eigenvalue weighted by atomic mass is 79.9. The lowest BCUT2D eigenvalue weighted by atomic mass is 10.1. The van der Waals surface area contributed by atoms with Gasteiger partial charge in [0.1, 0.15) is 0 Å². The summed E-state index contributed by atoms with van der Waals surface area (Å²) < 4.78 is 1.06. The molecular formula is C12H18BrNO. The molecule has 0 radical (unpaired) electrons. The summed E-state index contributed by atoms with van der Waals surface area (Å²) in [6.07, 6.45) is 0. The van der Waals surface area contributed by atoms with Crippen LogP contribution < -0.4 is 5.32 Å². The maximum absolute atomic E-state index is 9.29. The highest BCUT2D eigenvalue weighted by molar-refractivity contribution is 9.10. The van der Waals surface area contributed by atoms with Crippen LogP contribution in [0, 0.1) is 5.92 Å². The average Bonchev–Trinajstić information content (AvgIpc) is 2.21. The molecule has 0 spiro atoms. The van der Waals surface area contributed by atoms with E-state index in [0.717, 1.165) is 16.6 Å². The van der Waals surface area contributed by atoms with Crippen LogP contribution in [0.1, 0.15) is 25.5 Å². The van der Waals surface area contributed by atoms with Gasteiger partial charge in [-0.3, -0.25) is 0 Å². The Kier molecular flexibility index (Phi) is 5.29. The van der Waals surface area contributed by atoms with Gasteiger partial charge < -0.3 is 10.4 Å². The molecule has 1 aromatic rings. The SMILES string of the molecule is CC(C)CNC(CO)c1ccc(Br)cc1. The molecule has 2 nitrogen and oxygen atoms in total. The highest BCUT2D eigenvalue weighted by Crippen LogP contribution is 2.16. The van der Waals surface area contributed by atoms with Crippen LogP contribution in [0.5, 0.6) is 0 Å². The average molecular weight is 272 g/mol. The highest BCUT2D eigenvalue weighted by Gasteiger charge is 2.09. The summed E-state index contributed by atoms with van der Waals surface area (Å²) in [6.45, 7) is 5.36. The molecule has 0 aliphatic heterocycles. The normalized spacial score (nSPS) is 13.1. The predicted molar refractivity (Wildman–Crippen MR) is 66.8 cm³/mol. The first kappa shape index (κ1) is 12.7. The number of aliphatic hydroxyl groups excluding tert-OH is 1. The Morgan fingerprint density at radius 2 is 1.87 bits per heavy atom. The Balaban J connectivity index is 2.61. The monoisotopic (exact) mass is 271 g/mol. The van der Waals surface area contributed by atoms with E-state index in [1.807, 2.05) is 24.3 Å². The van der Waals surface area contributed by atoms with Crippen LogP contribution in [0.25, 0.3) is 0 Å². The van der Waals surface area contributed by atoms with Crippen molar-refractivity contribution < 1.29 is 5.11 Å². The summed E-state index contributed by atoms with van der Waals surface area (Å²) in [4.78, 5) is 0. The zero-order chi connectivity index (χ0) is 11.3. The van der Waals surface area contributed by atoms with Crippen LogP contribution in [0.3, 0.4) is 0 Å². The number of aliphatic hydroxyl groups is 1. The first-order valence-corrected chi connectivity index (χ1v) is 6.02. The van der Waals surface area contributed by atoms with Gasteiger partial charge in [0.05, 0.1) is 12.6 Å². The minimum Gasteiger partial charge on any atom is -0.394 e. The van der Waals surface area contributed by atoms with Gasteiger partial charge in [-0.25, -0.2) is 0 Å². The molecule has 0 aromatic heterocycles. The van der Waals surface area contributed by atoms with Gasteiger partial charge in [-0.15, -0.1) is 0 Å². The fourth-order valence-corrected chi connectivity index (χ4v) is 1.63. The van der Waals surface area contributed by atoms with E-state index in [1.165, 1.54) is 0 Å². The molecule has 1 atom stereocenters. The molecule has 0 heterocycles. The smallest absolute Gasteiger partial charge is 0.0626 e. The predicted octanol–water partition coefficient (Wildman–Crippen LogP) is 2.73. The first-order valence-electron chi connectivity index (χ1n) is 5.23. The van der Waals surface area contributed by atoms with Gasteiger partial charge in [-0.1, -0.05) is 41.9 Å². The standard InChI is InChI=1S/C12H18BrNO/c1-9(2)7-14-12(8-15)10-3-5-11(13)6-4-10/h3-6,9,12,14-15H,7-8H2,1-2H3. The van der Waals surface area contributed by atoms with E-state index in [4.69, 9.17) is 0 Å². The largest absolute Gasteiger partial charge is 0.394 e. The Morgan fingerprint density at radius 3 is 2.33 bits per heavy atom. The van der Waals surface area contributed by atoms with Gasteiger partial charge in [-0.2, -0.15) is 0 Å². The van der Waals surface area contributed by atoms with E-state index < -0.39 is 0 Å². The third kappa shape index (κ3) is 4.33. The number of hydrogen-bond acceptors (Lipinski definition) is 2. The van der Waals surface area contributed by atoms with Crippen LogP contribution >= 0.6 is 15.9 Å². The summed E-state index contributed by atoms with van der Waals surface area (Å²) in [7, 11) is 0. The van der Waals surface area contributed by atoms with E-state index in [1.54, 1.807) is 0 Å². The van der Waals surface area contributed by atoms with Crippen molar-refractivity contribution in [3.8, 4) is 0 Å². The quantitative estimate of drug-likeness (QED) is 0.863. The lowest BCUT2D eigenvalue weighted by Crippen LogP contribution is -2.27. The molecule has 1 unspecified atom stereocenters. The molecule has 0 fully saturated rings. The Hall–Kier alpha value is -0.380. The number of hydrogen-bond donors (Lipinski definition) is 2. The molecule has 3 heteroatoms. The molecule has 1 rings (SSSR count). The number of nitrogens with one attached hydrogen (secondary N) is 1. The molecule has 0 saturated carbocycles. The van der Waals surface area contributed by atoms with Crippen LogP contribution in [-0.4, -0.2) is 18.3 Å². The molecule has 0 bridgehead atoms. The Bertz CT molecular complexity index is 284. The number of rotatable bonds is 5. The maximum Gasteiger partial charge on any atom is 0.0626 e. The van der Waals surface area contributed by atoms with E-state index in [-0.39, 0.29) is 12.6 Å². The lowest BCUT2D eigenvalue weighted by molar-refractivity contribution is 0.241. The van der Waals surface area contributed by atoms with Crippen molar-refractivity contribution in [3.63, 3.8) is 0 Å². The molecule has 2 N–H and O–H groups in total. The zero-order valence-electron chi connectivity index (χ0n) is 9.20. The number of halogens is 1. The molecule has 15 heavy (non-hydrogen) atoms. The molecule has 0 aliphatic carbocycles. The third-order valence-corrected chi connectivity index (χ3v) is 2.76. The summed E-state index contributed by atoms with van der Waals surface area (Å²) in [5.74, 6) is 0.592. The van der Waals surface area contributed by atoms with E-state index in [2.05, 4.69) is 35.1 Å². The van der Waals surface area contributed by atoms with Gasteiger partial charge in [0, 0.05) is 4.47 Å². The number of benzene rings is 1. The van der Waals surface area contributed by atoms with Crippen LogP contribution in [0.2, 0.25) is 0 Å². The fourth-order valence-electron chi connectivity index (χ4n) is 1.36. The summed E-state index contributed by atoms with van der Waals surface area (Å²) >= 11 is 3.40. The second-order valence-electron chi connectivity index (χ2n) is 4.09. The molecular weight excluding hydrogens is 254 g/mol. The maximum atomic E-state index is 9.29. The summed E-state index contributed by atoms with van der Waals surface area (Å²) in [5.41, 5.74) is 1.13. The van der Waals surface area contributed by atoms with Gasteiger partial charge in [-0.05, 0) is 30.2 Å². The molecule has 0 amide bonds. The summed E-state index contributed by atoms with van der Waals surface area (Å²) in [6, 6.07) is 8.08. The third-order valence-electron chi connectivity index (χ3n) is 2.23. The van der Waals surface area contributed by atoms with Crippen LogP contribution in [-0.2, 0) is 0 Å². The van der Waals surface area contributed by atoms with E-state index in [9.17, 15) is 5.11 Å². The van der Waals surface area contributed by atoms with Gasteiger partial charge >= 0.3 is 0 Å². The van der Waals surface area contributed by atoms with Crippen molar-refractivity contribution in [2.75, 3.05) is 13.2 Å². The second kappa shape index (κ2) is 6.26. The van der Waals surface area contributed by atoms with E-state index in [0.29, 0.717) is 5.92 Å². The van der Waals surface area contributed by atoms with Crippen LogP contribution in [0.15, 0.2) is 28.7 Å². The Labute approximate surface area is 99.8 Å². The molecule has 1 aromatic carbocycles. The summed E-state index contributed by atoms with van der Waals surface area (Å²) in [5, 5.41) is 12.6. The van der Waals surface area contributed by atoms with Gasteiger partial charge in [0.2, 0.25) is 0 Å². The van der Waals surface area contributed by atoms with Crippen molar-refractivity contribution in [1.82, 2.24) is 5.32 Å². The second-order valence-corrected chi connectivity index (χ2v) is 5.00. The van der Waals surface area contributed by atoms with Gasteiger partial charge in [0.15, 0.2) is 0 Å². The van der Waals surface area contributed by atoms with Crippen molar-refractivity contribution in [3.05, 3.63) is 34.3 Å². The first-order chi connectivity index (χ1) is 7.13.